The number of hydrogen-bond acceptors (Lipinski definition) is 4. The number of aliphatic carboxylic acids is 1. The topological polar surface area (TPSA) is 121 Å². The molecule has 0 saturated heterocycles. The number of carboxylic acids is 1. The molecule has 3 N–H and O–H groups in total. The number of amides is 1. The van der Waals surface area contributed by atoms with Gasteiger partial charge >= 0.3 is 5.97 Å². The lowest BCUT2D eigenvalue weighted by molar-refractivity contribution is -0.145. The molecule has 0 aliphatic heterocycles. The highest BCUT2D eigenvalue weighted by molar-refractivity contribution is 5.83. The molecule has 0 radical (unpaired) electrons. The Morgan fingerprint density at radius 1 is 1.35 bits per heavy atom. The Kier molecular flexibility index (Phi) is 4.49. The number of rotatable bonds is 4. The summed E-state index contributed by atoms with van der Waals surface area (Å²) in [5.74, 6) is -1.84. The zero-order valence-electron chi connectivity index (χ0n) is 11.5. The molecule has 0 fully saturated rings. The van der Waals surface area contributed by atoms with E-state index in [0.717, 1.165) is 16.8 Å². The SMILES string of the molecule is CC(C)(C)C(NC(=O)Cn1[nH]c(=O)ccc1=O)C(=O)O. The second-order valence-electron chi connectivity index (χ2n) is 5.44. The third-order valence-electron chi connectivity index (χ3n) is 2.61. The van der Waals surface area contributed by atoms with Gasteiger partial charge in [-0.1, -0.05) is 20.8 Å². The fourth-order valence-corrected chi connectivity index (χ4v) is 1.58. The number of nitrogens with one attached hydrogen (secondary N) is 2. The minimum Gasteiger partial charge on any atom is -0.480 e. The van der Waals surface area contributed by atoms with Crippen molar-refractivity contribution in [2.45, 2.75) is 33.4 Å². The molecule has 0 bridgehead atoms. The van der Waals surface area contributed by atoms with Gasteiger partial charge in [-0.15, -0.1) is 0 Å². The third kappa shape index (κ3) is 4.08. The maximum Gasteiger partial charge on any atom is 0.326 e. The van der Waals surface area contributed by atoms with E-state index >= 15 is 0 Å². The van der Waals surface area contributed by atoms with Crippen molar-refractivity contribution in [3.05, 3.63) is 32.8 Å². The van der Waals surface area contributed by atoms with Crippen LogP contribution in [0, 0.1) is 5.41 Å². The van der Waals surface area contributed by atoms with Crippen molar-refractivity contribution in [3.8, 4) is 0 Å². The summed E-state index contributed by atoms with van der Waals surface area (Å²) >= 11 is 0. The monoisotopic (exact) mass is 283 g/mol. The summed E-state index contributed by atoms with van der Waals surface area (Å²) in [7, 11) is 0. The zero-order valence-corrected chi connectivity index (χ0v) is 11.5. The Hall–Kier alpha value is -2.38. The summed E-state index contributed by atoms with van der Waals surface area (Å²) in [6, 6.07) is 0.984. The molecular weight excluding hydrogens is 266 g/mol. The predicted molar refractivity (Wildman–Crippen MR) is 70.3 cm³/mol. The van der Waals surface area contributed by atoms with Crippen molar-refractivity contribution >= 4 is 11.9 Å². The first-order valence-corrected chi connectivity index (χ1v) is 5.93. The van der Waals surface area contributed by atoms with Crippen LogP contribution in [0.5, 0.6) is 0 Å². The molecule has 1 heterocycles. The van der Waals surface area contributed by atoms with E-state index in [4.69, 9.17) is 5.11 Å². The van der Waals surface area contributed by atoms with E-state index in [2.05, 4.69) is 10.4 Å². The van der Waals surface area contributed by atoms with E-state index in [9.17, 15) is 19.2 Å². The van der Waals surface area contributed by atoms with Crippen molar-refractivity contribution in [3.63, 3.8) is 0 Å². The first kappa shape index (κ1) is 15.7. The summed E-state index contributed by atoms with van der Waals surface area (Å²) in [6.07, 6.45) is 0. The number of H-pyrrole nitrogens is 1. The fraction of sp³-hybridized carbons (Fsp3) is 0.500. The lowest BCUT2D eigenvalue weighted by atomic mass is 9.87. The molecule has 1 atom stereocenters. The number of aromatic nitrogens is 2. The molecule has 8 nitrogen and oxygen atoms in total. The van der Waals surface area contributed by atoms with Crippen LogP contribution < -0.4 is 16.4 Å². The molecule has 20 heavy (non-hydrogen) atoms. The Labute approximate surface area is 114 Å². The number of hydrogen-bond donors (Lipinski definition) is 3. The Bertz CT molecular complexity index is 623. The van der Waals surface area contributed by atoms with Crippen LogP contribution in [-0.4, -0.2) is 32.8 Å². The van der Waals surface area contributed by atoms with E-state index in [1.165, 1.54) is 0 Å². The molecule has 0 aromatic carbocycles. The maximum atomic E-state index is 11.8. The third-order valence-corrected chi connectivity index (χ3v) is 2.61. The summed E-state index contributed by atoms with van der Waals surface area (Å²) < 4.78 is 0.819. The Balaban J connectivity index is 2.87. The van der Waals surface area contributed by atoms with E-state index < -0.39 is 41.0 Å². The maximum absolute atomic E-state index is 11.8. The van der Waals surface area contributed by atoms with Gasteiger partial charge in [0.1, 0.15) is 12.6 Å². The van der Waals surface area contributed by atoms with Crippen molar-refractivity contribution in [1.29, 1.82) is 0 Å². The van der Waals surface area contributed by atoms with Crippen LogP contribution in [0.4, 0.5) is 0 Å². The van der Waals surface area contributed by atoms with Crippen molar-refractivity contribution in [2.75, 3.05) is 0 Å². The van der Waals surface area contributed by atoms with Crippen molar-refractivity contribution in [1.82, 2.24) is 15.1 Å². The zero-order chi connectivity index (χ0) is 15.5. The van der Waals surface area contributed by atoms with Gasteiger partial charge in [0.2, 0.25) is 5.91 Å². The molecule has 110 valence electrons. The largest absolute Gasteiger partial charge is 0.480 e. The van der Waals surface area contributed by atoms with E-state index in [0.29, 0.717) is 0 Å². The molecule has 1 unspecified atom stereocenters. The minimum absolute atomic E-state index is 0.450. The van der Waals surface area contributed by atoms with Gasteiger partial charge in [-0.3, -0.25) is 19.5 Å². The number of carboxylic acid groups (broad SMARTS) is 1. The summed E-state index contributed by atoms with van der Waals surface area (Å²) in [4.78, 5) is 45.4. The average molecular weight is 283 g/mol. The first-order chi connectivity index (χ1) is 9.11. The van der Waals surface area contributed by atoms with Crippen molar-refractivity contribution < 1.29 is 14.7 Å². The number of carbonyl (C=O) groups is 2. The fourth-order valence-electron chi connectivity index (χ4n) is 1.58. The van der Waals surface area contributed by atoms with Crippen LogP contribution in [0.25, 0.3) is 0 Å². The first-order valence-electron chi connectivity index (χ1n) is 5.93. The van der Waals surface area contributed by atoms with Crippen LogP contribution >= 0.6 is 0 Å². The van der Waals surface area contributed by atoms with Gasteiger partial charge in [0.15, 0.2) is 0 Å². The lowest BCUT2D eigenvalue weighted by Gasteiger charge is -2.27. The second-order valence-corrected chi connectivity index (χ2v) is 5.44. The minimum atomic E-state index is -1.17. The van der Waals surface area contributed by atoms with Gasteiger partial charge in [0.05, 0.1) is 0 Å². The number of aromatic amines is 1. The van der Waals surface area contributed by atoms with Gasteiger partial charge in [0.25, 0.3) is 11.1 Å². The molecule has 0 aliphatic rings. The average Bonchev–Trinajstić information content (AvgIpc) is 2.29. The van der Waals surface area contributed by atoms with Crippen LogP contribution in [0.2, 0.25) is 0 Å². The highest BCUT2D eigenvalue weighted by atomic mass is 16.4. The second kappa shape index (κ2) is 5.72. The molecule has 1 amide bonds. The molecule has 0 spiro atoms. The molecule has 0 saturated carbocycles. The van der Waals surface area contributed by atoms with Crippen LogP contribution in [0.1, 0.15) is 20.8 Å². The lowest BCUT2D eigenvalue weighted by Crippen LogP contribution is -2.50. The van der Waals surface area contributed by atoms with E-state index in [-0.39, 0.29) is 0 Å². The molecule has 1 aromatic heterocycles. The number of carbonyl (C=O) groups excluding carboxylic acids is 1. The van der Waals surface area contributed by atoms with Crippen molar-refractivity contribution in [2.24, 2.45) is 5.41 Å². The smallest absolute Gasteiger partial charge is 0.326 e. The van der Waals surface area contributed by atoms with Gasteiger partial charge in [-0.2, -0.15) is 0 Å². The summed E-state index contributed by atoms with van der Waals surface area (Å²) in [6.45, 7) is 4.56. The van der Waals surface area contributed by atoms with Crippen LogP contribution in [0.15, 0.2) is 21.7 Å². The number of nitrogens with zero attached hydrogens (tertiary/aromatic N) is 1. The molecule has 8 heteroatoms. The highest BCUT2D eigenvalue weighted by Gasteiger charge is 2.32. The highest BCUT2D eigenvalue weighted by Crippen LogP contribution is 2.19. The summed E-state index contributed by atoms with van der Waals surface area (Å²) in [5.41, 5.74) is -1.76. The van der Waals surface area contributed by atoms with E-state index in [1.807, 2.05) is 0 Å². The molecule has 1 aromatic rings. The molecule has 0 aliphatic carbocycles. The molecule has 1 rings (SSSR count). The van der Waals surface area contributed by atoms with Gasteiger partial charge < -0.3 is 10.4 Å². The van der Waals surface area contributed by atoms with Crippen LogP contribution in [-0.2, 0) is 16.1 Å². The quantitative estimate of drug-likeness (QED) is 0.664. The van der Waals surface area contributed by atoms with Gasteiger partial charge in [-0.25, -0.2) is 9.48 Å². The predicted octanol–water partition coefficient (Wildman–Crippen LogP) is -0.848. The normalized spacial score (nSPS) is 12.8. The van der Waals surface area contributed by atoms with E-state index in [1.54, 1.807) is 20.8 Å². The van der Waals surface area contributed by atoms with Gasteiger partial charge in [-0.05, 0) is 5.41 Å². The standard InChI is InChI=1S/C12H17N3O5/c1-12(2,3)10(11(19)20)13-8(17)6-15-9(18)5-4-7(16)14-15/h4-5,10H,6H2,1-3H3,(H,13,17)(H,14,16)(H,19,20). The molecular formula is C12H17N3O5. The van der Waals surface area contributed by atoms with Gasteiger partial charge in [0, 0.05) is 12.1 Å². The Morgan fingerprint density at radius 2 is 1.95 bits per heavy atom. The summed E-state index contributed by atoms with van der Waals surface area (Å²) in [5, 5.41) is 13.6. The van der Waals surface area contributed by atoms with Crippen LogP contribution in [0.3, 0.4) is 0 Å². The Morgan fingerprint density at radius 3 is 2.45 bits per heavy atom.